The number of primary sulfonamides is 1. The zero-order valence-electron chi connectivity index (χ0n) is 11.9. The molecule has 0 spiro atoms. The van der Waals surface area contributed by atoms with Gasteiger partial charge in [0.15, 0.2) is 9.84 Å². The summed E-state index contributed by atoms with van der Waals surface area (Å²) in [6, 6.07) is 2.72. The van der Waals surface area contributed by atoms with Crippen molar-refractivity contribution < 1.29 is 16.8 Å². The van der Waals surface area contributed by atoms with E-state index in [1.165, 1.54) is 6.07 Å². The molecule has 1 fully saturated rings. The van der Waals surface area contributed by atoms with E-state index in [9.17, 15) is 16.8 Å². The largest absolute Gasteiger partial charge is 0.399 e. The van der Waals surface area contributed by atoms with Crippen LogP contribution < -0.4 is 15.8 Å². The second-order valence-corrected chi connectivity index (χ2v) is 9.12. The van der Waals surface area contributed by atoms with Crippen LogP contribution in [0.25, 0.3) is 0 Å². The third kappa shape index (κ3) is 3.30. The lowest BCUT2D eigenvalue weighted by molar-refractivity contribution is 0.567. The van der Waals surface area contributed by atoms with Gasteiger partial charge in [0.25, 0.3) is 0 Å². The van der Waals surface area contributed by atoms with Crippen molar-refractivity contribution >= 4 is 31.2 Å². The topological polar surface area (TPSA) is 124 Å². The van der Waals surface area contributed by atoms with Crippen LogP contribution in [0.15, 0.2) is 17.0 Å². The summed E-state index contributed by atoms with van der Waals surface area (Å²) < 4.78 is 46.6. The predicted molar refractivity (Wildman–Crippen MR) is 82.4 cm³/mol. The normalized spacial score (nSPS) is 22.2. The molecule has 1 heterocycles. The Bertz CT molecular complexity index is 772. The van der Waals surface area contributed by atoms with Gasteiger partial charge in [-0.25, -0.2) is 22.0 Å². The molecule has 9 heteroatoms. The van der Waals surface area contributed by atoms with Gasteiger partial charge in [-0.15, -0.1) is 0 Å². The van der Waals surface area contributed by atoms with Crippen LogP contribution in [-0.4, -0.2) is 40.9 Å². The maximum atomic E-state index is 11.6. The van der Waals surface area contributed by atoms with E-state index < -0.39 is 19.9 Å². The van der Waals surface area contributed by atoms with Crippen LogP contribution >= 0.6 is 0 Å². The number of sulfone groups is 1. The molecule has 0 saturated carbocycles. The first-order valence-electron chi connectivity index (χ1n) is 6.41. The van der Waals surface area contributed by atoms with Gasteiger partial charge in [-0.1, -0.05) is 0 Å². The monoisotopic (exact) mass is 333 g/mol. The average Bonchev–Trinajstić information content (AvgIpc) is 2.30. The summed E-state index contributed by atoms with van der Waals surface area (Å²) in [7, 11) is -6.93. The molecule has 1 aromatic carbocycles. The lowest BCUT2D eigenvalue weighted by Gasteiger charge is -2.36. The van der Waals surface area contributed by atoms with E-state index in [1.54, 1.807) is 19.9 Å². The summed E-state index contributed by atoms with van der Waals surface area (Å²) in [5, 5.41) is 5.20. The molecule has 1 aliphatic rings. The van der Waals surface area contributed by atoms with Crippen molar-refractivity contribution in [1.29, 1.82) is 0 Å². The molecule has 7 nitrogen and oxygen atoms in total. The summed E-state index contributed by atoms with van der Waals surface area (Å²) in [4.78, 5) is 1.83. The van der Waals surface area contributed by atoms with E-state index in [-0.39, 0.29) is 28.1 Å². The summed E-state index contributed by atoms with van der Waals surface area (Å²) in [5.41, 5.74) is 7.14. The highest BCUT2D eigenvalue weighted by Crippen LogP contribution is 2.31. The van der Waals surface area contributed by atoms with Gasteiger partial charge in [0.1, 0.15) is 0 Å². The standard InChI is InChI=1S/C12H19N3O4S2/c1-8-7-20(16,17)4-3-15(8)11-5-10(13)6-12(9(11)2)21(14,18)19/h5-6,8H,3-4,7,13H2,1-2H3,(H2,14,18,19). The molecule has 1 aromatic rings. The molecule has 4 N–H and O–H groups in total. The molecule has 0 amide bonds. The fourth-order valence-corrected chi connectivity index (χ4v) is 5.03. The van der Waals surface area contributed by atoms with Crippen molar-refractivity contribution in [3.05, 3.63) is 17.7 Å². The zero-order chi connectivity index (χ0) is 16.0. The number of hydrogen-bond donors (Lipinski definition) is 2. The van der Waals surface area contributed by atoms with E-state index in [4.69, 9.17) is 10.9 Å². The van der Waals surface area contributed by atoms with Crippen LogP contribution in [-0.2, 0) is 19.9 Å². The van der Waals surface area contributed by atoms with Crippen molar-refractivity contribution in [3.63, 3.8) is 0 Å². The van der Waals surface area contributed by atoms with Gasteiger partial charge in [0.05, 0.1) is 16.4 Å². The van der Waals surface area contributed by atoms with Crippen molar-refractivity contribution in [3.8, 4) is 0 Å². The third-order valence-corrected chi connectivity index (χ3v) is 6.47. The first-order chi connectivity index (χ1) is 9.51. The van der Waals surface area contributed by atoms with E-state index in [1.807, 2.05) is 4.90 Å². The summed E-state index contributed by atoms with van der Waals surface area (Å²) >= 11 is 0. The molecular weight excluding hydrogens is 314 g/mol. The number of nitrogen functional groups attached to an aromatic ring is 1. The highest BCUT2D eigenvalue weighted by molar-refractivity contribution is 7.91. The van der Waals surface area contributed by atoms with Crippen molar-refractivity contribution in [2.45, 2.75) is 24.8 Å². The van der Waals surface area contributed by atoms with Gasteiger partial charge in [0.2, 0.25) is 10.0 Å². The van der Waals surface area contributed by atoms with Crippen LogP contribution in [0.5, 0.6) is 0 Å². The van der Waals surface area contributed by atoms with Crippen LogP contribution in [0.3, 0.4) is 0 Å². The smallest absolute Gasteiger partial charge is 0.238 e. The summed E-state index contributed by atoms with van der Waals surface area (Å²) in [6.45, 7) is 3.73. The molecule has 0 aromatic heterocycles. The molecule has 1 unspecified atom stereocenters. The molecule has 1 atom stereocenters. The van der Waals surface area contributed by atoms with E-state index in [0.717, 1.165) is 0 Å². The Morgan fingerprint density at radius 1 is 1.33 bits per heavy atom. The van der Waals surface area contributed by atoms with Gasteiger partial charge < -0.3 is 10.6 Å². The number of nitrogens with zero attached hydrogens (tertiary/aromatic N) is 1. The molecule has 2 rings (SSSR count). The maximum Gasteiger partial charge on any atom is 0.238 e. The number of anilines is 2. The van der Waals surface area contributed by atoms with Crippen molar-refractivity contribution in [2.24, 2.45) is 5.14 Å². The third-order valence-electron chi connectivity index (χ3n) is 3.64. The lowest BCUT2D eigenvalue weighted by atomic mass is 10.1. The molecule has 0 bridgehead atoms. The zero-order valence-corrected chi connectivity index (χ0v) is 13.5. The highest BCUT2D eigenvalue weighted by atomic mass is 32.2. The maximum absolute atomic E-state index is 11.6. The average molecular weight is 333 g/mol. The van der Waals surface area contributed by atoms with E-state index in [0.29, 0.717) is 17.8 Å². The first kappa shape index (κ1) is 16.1. The number of rotatable bonds is 2. The summed E-state index contributed by atoms with van der Waals surface area (Å²) in [5.74, 6) is 0.0717. The molecule has 21 heavy (non-hydrogen) atoms. The van der Waals surface area contributed by atoms with Crippen LogP contribution in [0.1, 0.15) is 12.5 Å². The molecule has 1 aliphatic heterocycles. The number of sulfonamides is 1. The Kier molecular flexibility index (Phi) is 3.94. The van der Waals surface area contributed by atoms with Gasteiger partial charge in [-0.3, -0.25) is 0 Å². The van der Waals surface area contributed by atoms with Crippen LogP contribution in [0, 0.1) is 6.92 Å². The van der Waals surface area contributed by atoms with Gasteiger partial charge in [-0.2, -0.15) is 0 Å². The minimum absolute atomic E-state index is 0.0295. The van der Waals surface area contributed by atoms with Gasteiger partial charge >= 0.3 is 0 Å². The van der Waals surface area contributed by atoms with Crippen LogP contribution in [0.4, 0.5) is 11.4 Å². The molecule has 1 saturated heterocycles. The Hall–Kier alpha value is -1.32. The predicted octanol–water partition coefficient (Wildman–Crippen LogP) is -0.152. The fourth-order valence-electron chi connectivity index (χ4n) is 2.64. The van der Waals surface area contributed by atoms with E-state index in [2.05, 4.69) is 0 Å². The summed E-state index contributed by atoms with van der Waals surface area (Å²) in [6.07, 6.45) is 0. The van der Waals surface area contributed by atoms with E-state index >= 15 is 0 Å². The second kappa shape index (κ2) is 5.15. The van der Waals surface area contributed by atoms with Crippen molar-refractivity contribution in [2.75, 3.05) is 28.7 Å². The molecule has 118 valence electrons. The van der Waals surface area contributed by atoms with Gasteiger partial charge in [-0.05, 0) is 31.5 Å². The number of nitrogens with two attached hydrogens (primary N) is 2. The minimum Gasteiger partial charge on any atom is -0.399 e. The fraction of sp³-hybridized carbons (Fsp3) is 0.500. The number of benzene rings is 1. The highest BCUT2D eigenvalue weighted by Gasteiger charge is 2.30. The van der Waals surface area contributed by atoms with Crippen LogP contribution in [0.2, 0.25) is 0 Å². The lowest BCUT2D eigenvalue weighted by Crippen LogP contribution is -2.47. The Morgan fingerprint density at radius 3 is 2.48 bits per heavy atom. The first-order valence-corrected chi connectivity index (χ1v) is 9.78. The van der Waals surface area contributed by atoms with Gasteiger partial charge in [0, 0.05) is 24.0 Å². The Morgan fingerprint density at radius 2 is 1.95 bits per heavy atom. The molecule has 0 aliphatic carbocycles. The Labute approximate surface area is 124 Å². The Balaban J connectivity index is 2.53. The number of hydrogen-bond acceptors (Lipinski definition) is 6. The minimum atomic E-state index is -3.88. The quantitative estimate of drug-likeness (QED) is 0.725. The van der Waals surface area contributed by atoms with Crippen molar-refractivity contribution in [1.82, 2.24) is 0 Å². The molecule has 0 radical (unpaired) electrons. The SMILES string of the molecule is Cc1c(N2CCS(=O)(=O)CC2C)cc(N)cc1S(N)(=O)=O. The molecular formula is C12H19N3O4S2. The second-order valence-electron chi connectivity index (χ2n) is 5.36.